The van der Waals surface area contributed by atoms with Crippen molar-refractivity contribution in [3.8, 4) is 5.82 Å². The summed E-state index contributed by atoms with van der Waals surface area (Å²) in [5, 5.41) is 8.43. The van der Waals surface area contributed by atoms with Crippen LogP contribution >= 0.6 is 0 Å². The van der Waals surface area contributed by atoms with Gasteiger partial charge in [-0.1, -0.05) is 12.1 Å². The van der Waals surface area contributed by atoms with Crippen LogP contribution < -0.4 is 5.32 Å². The number of aromatic nitrogens is 5. The van der Waals surface area contributed by atoms with Crippen molar-refractivity contribution >= 4 is 16.9 Å². The number of rotatable bonds is 5. The molecular formula is C23H22N6O. The second-order valence-corrected chi connectivity index (χ2v) is 7.71. The van der Waals surface area contributed by atoms with Crippen LogP contribution in [-0.2, 0) is 6.54 Å². The summed E-state index contributed by atoms with van der Waals surface area (Å²) in [5.41, 5.74) is 4.74. The minimum atomic E-state index is -0.142. The molecule has 4 heterocycles. The highest BCUT2D eigenvalue weighted by molar-refractivity contribution is 6.06. The van der Waals surface area contributed by atoms with Crippen molar-refractivity contribution in [2.45, 2.75) is 39.2 Å². The summed E-state index contributed by atoms with van der Waals surface area (Å²) in [6, 6.07) is 13.4. The minimum Gasteiger partial charge on any atom is -0.346 e. The zero-order valence-corrected chi connectivity index (χ0v) is 17.0. The molecule has 0 spiro atoms. The van der Waals surface area contributed by atoms with E-state index in [0.717, 1.165) is 41.0 Å². The molecule has 0 aliphatic heterocycles. The van der Waals surface area contributed by atoms with Gasteiger partial charge in [0.1, 0.15) is 0 Å². The maximum Gasteiger partial charge on any atom is 0.252 e. The van der Waals surface area contributed by atoms with Crippen LogP contribution in [0.3, 0.4) is 0 Å². The van der Waals surface area contributed by atoms with Crippen molar-refractivity contribution in [2.75, 3.05) is 0 Å². The monoisotopic (exact) mass is 398 g/mol. The van der Waals surface area contributed by atoms with Crippen LogP contribution in [0.2, 0.25) is 0 Å². The number of aryl methyl sites for hydroxylation is 2. The van der Waals surface area contributed by atoms with Crippen LogP contribution in [0.5, 0.6) is 0 Å². The van der Waals surface area contributed by atoms with Gasteiger partial charge in [0.25, 0.3) is 5.91 Å². The Morgan fingerprint density at radius 3 is 2.73 bits per heavy atom. The Kier molecular flexibility index (Phi) is 4.50. The van der Waals surface area contributed by atoms with E-state index < -0.39 is 0 Å². The van der Waals surface area contributed by atoms with Crippen molar-refractivity contribution in [1.82, 2.24) is 30.0 Å². The number of fused-ring (bicyclic) bond motifs is 1. The topological polar surface area (TPSA) is 85.6 Å². The average Bonchev–Trinajstić information content (AvgIpc) is 3.56. The molecule has 5 rings (SSSR count). The third kappa shape index (κ3) is 3.43. The molecule has 1 saturated carbocycles. The van der Waals surface area contributed by atoms with Crippen LogP contribution in [0.25, 0.3) is 16.9 Å². The molecule has 150 valence electrons. The molecule has 7 heteroatoms. The Hall–Kier alpha value is -3.61. The molecule has 1 aliphatic rings. The second kappa shape index (κ2) is 7.33. The smallest absolute Gasteiger partial charge is 0.252 e. The maximum atomic E-state index is 13.2. The van der Waals surface area contributed by atoms with Crippen LogP contribution in [-0.4, -0.2) is 30.6 Å². The first-order chi connectivity index (χ1) is 14.6. The number of pyridine rings is 3. The van der Waals surface area contributed by atoms with Gasteiger partial charge in [0, 0.05) is 23.5 Å². The molecule has 1 fully saturated rings. The highest BCUT2D eigenvalue weighted by Gasteiger charge is 2.29. The molecule has 30 heavy (non-hydrogen) atoms. The fourth-order valence-corrected chi connectivity index (χ4v) is 3.68. The summed E-state index contributed by atoms with van der Waals surface area (Å²) in [6.07, 6.45) is 3.93. The predicted octanol–water partition coefficient (Wildman–Crippen LogP) is 3.63. The second-order valence-electron chi connectivity index (χ2n) is 7.71. The molecular weight excluding hydrogens is 376 g/mol. The van der Waals surface area contributed by atoms with E-state index in [0.29, 0.717) is 29.5 Å². The van der Waals surface area contributed by atoms with Gasteiger partial charge in [-0.05, 0) is 57.0 Å². The number of amides is 1. The quantitative estimate of drug-likeness (QED) is 0.555. The minimum absolute atomic E-state index is 0.142. The summed E-state index contributed by atoms with van der Waals surface area (Å²) in [6.45, 7) is 4.21. The lowest BCUT2D eigenvalue weighted by molar-refractivity contribution is 0.0952. The molecule has 7 nitrogen and oxygen atoms in total. The highest BCUT2D eigenvalue weighted by atomic mass is 16.1. The van der Waals surface area contributed by atoms with Gasteiger partial charge in [0.2, 0.25) is 0 Å². The van der Waals surface area contributed by atoms with Crippen molar-refractivity contribution in [3.63, 3.8) is 0 Å². The molecule has 4 aromatic rings. The van der Waals surface area contributed by atoms with Gasteiger partial charge >= 0.3 is 0 Å². The number of hydrogen-bond acceptors (Lipinski definition) is 5. The van der Waals surface area contributed by atoms with E-state index in [1.165, 1.54) is 0 Å². The largest absolute Gasteiger partial charge is 0.346 e. The van der Waals surface area contributed by atoms with Gasteiger partial charge in [-0.15, -0.1) is 0 Å². The van der Waals surface area contributed by atoms with E-state index in [2.05, 4.69) is 20.4 Å². The zero-order valence-electron chi connectivity index (χ0n) is 17.0. The van der Waals surface area contributed by atoms with Gasteiger partial charge in [-0.3, -0.25) is 9.78 Å². The number of hydrogen-bond donors (Lipinski definition) is 1. The fourth-order valence-electron chi connectivity index (χ4n) is 3.68. The predicted molar refractivity (Wildman–Crippen MR) is 114 cm³/mol. The van der Waals surface area contributed by atoms with E-state index in [4.69, 9.17) is 4.98 Å². The summed E-state index contributed by atoms with van der Waals surface area (Å²) in [7, 11) is 0. The normalized spacial score (nSPS) is 13.5. The summed E-state index contributed by atoms with van der Waals surface area (Å²) < 4.78 is 1.73. The zero-order chi connectivity index (χ0) is 20.7. The van der Waals surface area contributed by atoms with E-state index in [-0.39, 0.29) is 5.91 Å². The lowest BCUT2D eigenvalue weighted by atomic mass is 10.1. The first kappa shape index (κ1) is 18.4. The Morgan fingerprint density at radius 1 is 1.13 bits per heavy atom. The Balaban J connectivity index is 1.57. The van der Waals surface area contributed by atoms with Gasteiger partial charge < -0.3 is 5.32 Å². The van der Waals surface area contributed by atoms with Gasteiger partial charge in [-0.25, -0.2) is 9.97 Å². The van der Waals surface area contributed by atoms with Gasteiger partial charge in [-0.2, -0.15) is 9.78 Å². The molecule has 1 amide bonds. The van der Waals surface area contributed by atoms with Crippen molar-refractivity contribution in [1.29, 1.82) is 0 Å². The molecule has 0 saturated heterocycles. The summed E-state index contributed by atoms with van der Waals surface area (Å²) >= 11 is 0. The van der Waals surface area contributed by atoms with E-state index in [1.807, 2.05) is 56.3 Å². The SMILES string of the molecule is Cc1cccc(CNC(=O)c2cc(C3CC3)nc3c2c(C)nn3-c2ccccn2)n1. The molecule has 0 aromatic carbocycles. The van der Waals surface area contributed by atoms with Crippen LogP contribution in [0.4, 0.5) is 0 Å². The third-order valence-electron chi connectivity index (χ3n) is 5.32. The Morgan fingerprint density at radius 2 is 2.00 bits per heavy atom. The maximum absolute atomic E-state index is 13.2. The van der Waals surface area contributed by atoms with Crippen LogP contribution in [0, 0.1) is 13.8 Å². The number of nitrogens with zero attached hydrogens (tertiary/aromatic N) is 5. The van der Waals surface area contributed by atoms with Crippen molar-refractivity contribution < 1.29 is 4.79 Å². The van der Waals surface area contributed by atoms with Gasteiger partial charge in [0.05, 0.1) is 28.9 Å². The lowest BCUT2D eigenvalue weighted by Gasteiger charge is -2.09. The third-order valence-corrected chi connectivity index (χ3v) is 5.32. The molecule has 1 N–H and O–H groups in total. The first-order valence-corrected chi connectivity index (χ1v) is 10.1. The molecule has 0 radical (unpaired) electrons. The lowest BCUT2D eigenvalue weighted by Crippen LogP contribution is -2.24. The fraction of sp³-hybridized carbons (Fsp3) is 0.261. The van der Waals surface area contributed by atoms with E-state index in [1.54, 1.807) is 10.9 Å². The van der Waals surface area contributed by atoms with Gasteiger partial charge in [0.15, 0.2) is 11.5 Å². The summed E-state index contributed by atoms with van der Waals surface area (Å²) in [4.78, 5) is 26.9. The molecule has 0 unspecified atom stereocenters. The molecule has 0 bridgehead atoms. The Bertz CT molecular complexity index is 1240. The van der Waals surface area contributed by atoms with E-state index >= 15 is 0 Å². The number of nitrogens with one attached hydrogen (secondary N) is 1. The van der Waals surface area contributed by atoms with E-state index in [9.17, 15) is 4.79 Å². The molecule has 1 aliphatic carbocycles. The van der Waals surface area contributed by atoms with Crippen LogP contribution in [0.1, 0.15) is 51.9 Å². The standard InChI is InChI=1S/C23H22N6O/c1-14-6-5-7-17(26-14)13-25-23(30)18-12-19(16-9-10-16)27-22-21(18)15(2)28-29(22)20-8-3-4-11-24-20/h3-8,11-12,16H,9-10,13H2,1-2H3,(H,25,30). The first-order valence-electron chi connectivity index (χ1n) is 10.1. The Labute approximate surface area is 174 Å². The number of carbonyl (C=O) groups excluding carboxylic acids is 1. The highest BCUT2D eigenvalue weighted by Crippen LogP contribution is 2.40. The molecule has 0 atom stereocenters. The molecule has 4 aromatic heterocycles. The van der Waals surface area contributed by atoms with Crippen LogP contribution in [0.15, 0.2) is 48.7 Å². The number of carbonyl (C=O) groups is 1. The van der Waals surface area contributed by atoms with Crippen molar-refractivity contribution in [2.24, 2.45) is 0 Å². The summed E-state index contributed by atoms with van der Waals surface area (Å²) in [5.74, 6) is 0.953. The average molecular weight is 398 g/mol. The van der Waals surface area contributed by atoms with Crippen molar-refractivity contribution in [3.05, 3.63) is 77.0 Å².